The molecule has 29 heavy (non-hydrogen) atoms. The lowest BCUT2D eigenvalue weighted by molar-refractivity contribution is 0.0917. The van der Waals surface area contributed by atoms with E-state index in [0.29, 0.717) is 44.6 Å². The van der Waals surface area contributed by atoms with Gasteiger partial charge in [0.15, 0.2) is 5.13 Å². The maximum atomic E-state index is 13.3. The van der Waals surface area contributed by atoms with Crippen LogP contribution in [0.5, 0.6) is 0 Å². The summed E-state index contributed by atoms with van der Waals surface area (Å²) >= 11 is 19.8. The van der Waals surface area contributed by atoms with Gasteiger partial charge in [-0.2, -0.15) is 0 Å². The zero-order valence-corrected chi connectivity index (χ0v) is 18.4. The molecule has 0 aliphatic carbocycles. The van der Waals surface area contributed by atoms with Crippen LogP contribution in [0, 0.1) is 0 Å². The van der Waals surface area contributed by atoms with Crippen LogP contribution in [0.25, 0.3) is 11.3 Å². The van der Waals surface area contributed by atoms with Crippen molar-refractivity contribution in [2.24, 2.45) is 0 Å². The zero-order valence-electron chi connectivity index (χ0n) is 15.3. The number of hydrogen-bond acceptors (Lipinski definition) is 4. The number of amides is 1. The number of carbonyl (C=O) groups is 1. The Balaban J connectivity index is 1.67. The van der Waals surface area contributed by atoms with E-state index in [1.807, 2.05) is 11.4 Å². The highest BCUT2D eigenvalue weighted by Gasteiger charge is 2.27. The number of hydrogen-bond donors (Lipinski definition) is 0. The molecule has 0 N–H and O–H groups in total. The third kappa shape index (κ3) is 4.76. The minimum atomic E-state index is -0.161. The van der Waals surface area contributed by atoms with Crippen molar-refractivity contribution in [2.75, 3.05) is 18.1 Å². The Morgan fingerprint density at radius 2 is 2.00 bits per heavy atom. The Morgan fingerprint density at radius 1 is 1.17 bits per heavy atom. The predicted molar refractivity (Wildman–Crippen MR) is 120 cm³/mol. The molecular formula is C21H17Cl3N2O2S. The third-order valence-corrected chi connectivity index (χ3v) is 6.30. The first-order valence-electron chi connectivity index (χ1n) is 9.11. The number of ether oxygens (including phenoxy) is 1. The van der Waals surface area contributed by atoms with Gasteiger partial charge in [-0.25, -0.2) is 4.98 Å². The number of benzene rings is 2. The summed E-state index contributed by atoms with van der Waals surface area (Å²) in [5.74, 6) is -0.161. The van der Waals surface area contributed by atoms with E-state index in [0.717, 1.165) is 18.4 Å². The van der Waals surface area contributed by atoms with Crippen LogP contribution >= 0.6 is 46.1 Å². The van der Waals surface area contributed by atoms with E-state index in [9.17, 15) is 4.79 Å². The number of halogens is 3. The molecule has 1 amide bonds. The van der Waals surface area contributed by atoms with Crippen molar-refractivity contribution >= 4 is 57.2 Å². The first kappa shape index (κ1) is 20.6. The molecule has 1 aromatic heterocycles. The van der Waals surface area contributed by atoms with Crippen LogP contribution in [0.1, 0.15) is 23.2 Å². The topological polar surface area (TPSA) is 42.4 Å². The lowest BCUT2D eigenvalue weighted by atomic mass is 10.1. The van der Waals surface area contributed by atoms with Crippen molar-refractivity contribution in [3.63, 3.8) is 0 Å². The molecular weight excluding hydrogens is 451 g/mol. The molecule has 1 unspecified atom stereocenters. The van der Waals surface area contributed by atoms with Crippen molar-refractivity contribution in [2.45, 2.75) is 18.9 Å². The van der Waals surface area contributed by atoms with Crippen LogP contribution in [-0.2, 0) is 4.74 Å². The Labute approximate surface area is 188 Å². The Kier molecular flexibility index (Phi) is 6.42. The molecule has 150 valence electrons. The van der Waals surface area contributed by atoms with Gasteiger partial charge >= 0.3 is 0 Å². The molecule has 0 spiro atoms. The Bertz CT molecular complexity index is 1030. The maximum Gasteiger partial charge on any atom is 0.260 e. The van der Waals surface area contributed by atoms with Gasteiger partial charge < -0.3 is 4.74 Å². The van der Waals surface area contributed by atoms with E-state index in [4.69, 9.17) is 39.5 Å². The number of aromatic nitrogens is 1. The van der Waals surface area contributed by atoms with Crippen LogP contribution in [0.2, 0.25) is 15.1 Å². The number of thiazole rings is 1. The molecule has 4 rings (SSSR count). The Morgan fingerprint density at radius 3 is 2.72 bits per heavy atom. The summed E-state index contributed by atoms with van der Waals surface area (Å²) in [5, 5.41) is 4.07. The first-order chi connectivity index (χ1) is 14.0. The van der Waals surface area contributed by atoms with E-state index in [1.54, 1.807) is 41.3 Å². The summed E-state index contributed by atoms with van der Waals surface area (Å²) in [6.07, 6.45) is 1.90. The normalized spacial score (nSPS) is 16.2. The largest absolute Gasteiger partial charge is 0.376 e. The summed E-state index contributed by atoms with van der Waals surface area (Å²) in [6, 6.07) is 12.2. The van der Waals surface area contributed by atoms with Crippen LogP contribution < -0.4 is 4.90 Å². The molecule has 1 atom stereocenters. The molecule has 8 heteroatoms. The average molecular weight is 468 g/mol. The van der Waals surface area contributed by atoms with Crippen LogP contribution in [-0.4, -0.2) is 30.1 Å². The van der Waals surface area contributed by atoms with Crippen LogP contribution in [0.4, 0.5) is 5.13 Å². The third-order valence-electron chi connectivity index (χ3n) is 4.66. The highest BCUT2D eigenvalue weighted by atomic mass is 35.5. The molecule has 1 fully saturated rings. The average Bonchev–Trinajstić information content (AvgIpc) is 3.37. The van der Waals surface area contributed by atoms with Gasteiger partial charge in [-0.3, -0.25) is 9.69 Å². The SMILES string of the molecule is O=C(c1cccc(Cl)c1)N(CC1CCCO1)c1nc(-c2ccc(Cl)cc2Cl)cs1. The molecule has 1 aliphatic heterocycles. The second-order valence-corrected chi connectivity index (χ2v) is 8.82. The quantitative estimate of drug-likeness (QED) is 0.425. The molecule has 1 aliphatic rings. The second kappa shape index (κ2) is 9.02. The first-order valence-corrected chi connectivity index (χ1v) is 11.1. The molecule has 2 aromatic carbocycles. The minimum Gasteiger partial charge on any atom is -0.376 e. The lowest BCUT2D eigenvalue weighted by Gasteiger charge is -2.23. The second-order valence-electron chi connectivity index (χ2n) is 6.70. The fourth-order valence-corrected chi connectivity index (χ4v) is 4.75. The number of anilines is 1. The van der Waals surface area contributed by atoms with Gasteiger partial charge in [0, 0.05) is 33.2 Å². The highest BCUT2D eigenvalue weighted by molar-refractivity contribution is 7.14. The smallest absolute Gasteiger partial charge is 0.260 e. The van der Waals surface area contributed by atoms with Gasteiger partial charge in [-0.15, -0.1) is 11.3 Å². The van der Waals surface area contributed by atoms with Crippen molar-refractivity contribution in [3.05, 3.63) is 68.5 Å². The highest BCUT2D eigenvalue weighted by Crippen LogP contribution is 2.34. The Hall–Kier alpha value is -1.63. The minimum absolute atomic E-state index is 0.00963. The molecule has 4 nitrogen and oxygen atoms in total. The van der Waals surface area contributed by atoms with E-state index in [1.165, 1.54) is 11.3 Å². The summed E-state index contributed by atoms with van der Waals surface area (Å²) in [5.41, 5.74) is 1.98. The van der Waals surface area contributed by atoms with E-state index in [-0.39, 0.29) is 12.0 Å². The molecule has 3 aromatic rings. The number of nitrogens with zero attached hydrogens (tertiary/aromatic N) is 2. The van der Waals surface area contributed by atoms with Gasteiger partial charge in [0.2, 0.25) is 0 Å². The maximum absolute atomic E-state index is 13.3. The summed E-state index contributed by atoms with van der Waals surface area (Å²) < 4.78 is 5.76. The number of rotatable bonds is 5. The molecule has 0 radical (unpaired) electrons. The number of carbonyl (C=O) groups excluding carboxylic acids is 1. The van der Waals surface area contributed by atoms with E-state index < -0.39 is 0 Å². The van der Waals surface area contributed by atoms with Gasteiger partial charge in [0.25, 0.3) is 5.91 Å². The van der Waals surface area contributed by atoms with Crippen molar-refractivity contribution in [3.8, 4) is 11.3 Å². The van der Waals surface area contributed by atoms with Crippen molar-refractivity contribution in [1.29, 1.82) is 0 Å². The monoisotopic (exact) mass is 466 g/mol. The van der Waals surface area contributed by atoms with Crippen LogP contribution in [0.3, 0.4) is 0 Å². The van der Waals surface area contributed by atoms with E-state index in [2.05, 4.69) is 4.98 Å². The lowest BCUT2D eigenvalue weighted by Crippen LogP contribution is -2.37. The predicted octanol–water partition coefficient (Wildman–Crippen LogP) is 6.60. The fourth-order valence-electron chi connectivity index (χ4n) is 3.23. The molecule has 2 heterocycles. The molecule has 0 saturated carbocycles. The zero-order chi connectivity index (χ0) is 20.4. The van der Waals surface area contributed by atoms with Crippen molar-refractivity contribution in [1.82, 2.24) is 4.98 Å². The van der Waals surface area contributed by atoms with Gasteiger partial charge in [-0.05, 0) is 49.2 Å². The summed E-state index contributed by atoms with van der Waals surface area (Å²) in [6.45, 7) is 1.15. The standard InChI is InChI=1S/C21H17Cl3N2O2S/c22-14-4-1-3-13(9-14)20(27)26(11-16-5-2-8-28-16)21-25-19(12-29-21)17-7-6-15(23)10-18(17)24/h1,3-4,6-7,9-10,12,16H,2,5,8,11H2. The van der Waals surface area contributed by atoms with E-state index >= 15 is 0 Å². The van der Waals surface area contributed by atoms with Crippen LogP contribution in [0.15, 0.2) is 47.8 Å². The van der Waals surface area contributed by atoms with Crippen molar-refractivity contribution < 1.29 is 9.53 Å². The van der Waals surface area contributed by atoms with Gasteiger partial charge in [-0.1, -0.05) is 40.9 Å². The van der Waals surface area contributed by atoms with Gasteiger partial charge in [0.05, 0.1) is 23.4 Å². The summed E-state index contributed by atoms with van der Waals surface area (Å²) in [4.78, 5) is 19.6. The molecule has 0 bridgehead atoms. The summed E-state index contributed by atoms with van der Waals surface area (Å²) in [7, 11) is 0. The van der Waals surface area contributed by atoms with Gasteiger partial charge in [0.1, 0.15) is 0 Å². The molecule has 1 saturated heterocycles. The fraction of sp³-hybridized carbons (Fsp3) is 0.238.